The second kappa shape index (κ2) is 13.2. The Morgan fingerprint density at radius 1 is 1.10 bits per heavy atom. The Hall–Kier alpha value is -2.12. The van der Waals surface area contributed by atoms with E-state index in [9.17, 15) is 14.4 Å². The van der Waals surface area contributed by atoms with Gasteiger partial charge in [0.1, 0.15) is 5.75 Å². The number of carbonyl (C=O) groups excluding carboxylic acids is 3. The zero-order chi connectivity index (χ0) is 20.4. The SMILES string of the molecule is CNCCC1CCN(C(=O)CCC(=O)NCC(=O)c2ccc(OC)cc2)CC1.Cl. The minimum Gasteiger partial charge on any atom is -0.497 e. The lowest BCUT2D eigenvalue weighted by molar-refractivity contribution is -0.134. The molecular formula is C21H32ClN3O4. The number of nitrogens with zero attached hydrogens (tertiary/aromatic N) is 1. The monoisotopic (exact) mass is 425 g/mol. The molecule has 0 bridgehead atoms. The van der Waals surface area contributed by atoms with E-state index in [-0.39, 0.29) is 49.4 Å². The quantitative estimate of drug-likeness (QED) is 0.560. The van der Waals surface area contributed by atoms with Crippen LogP contribution in [-0.2, 0) is 9.59 Å². The zero-order valence-electron chi connectivity index (χ0n) is 17.2. The van der Waals surface area contributed by atoms with Gasteiger partial charge < -0.3 is 20.3 Å². The number of nitrogens with one attached hydrogen (secondary N) is 2. The Labute approximate surface area is 179 Å². The third-order valence-electron chi connectivity index (χ3n) is 5.19. The standard InChI is InChI=1S/C21H31N3O4.ClH/c1-22-12-9-16-10-13-24(14-11-16)21(27)8-7-20(26)23-15-19(25)17-3-5-18(28-2)6-4-17;/h3-6,16,22H,7-15H2,1-2H3,(H,23,26);1H. The molecule has 8 heteroatoms. The number of halogens is 1. The third-order valence-corrected chi connectivity index (χ3v) is 5.19. The molecule has 0 saturated carbocycles. The van der Waals surface area contributed by atoms with E-state index in [1.165, 1.54) is 0 Å². The summed E-state index contributed by atoms with van der Waals surface area (Å²) in [6.45, 7) is 2.47. The number of ether oxygens (including phenoxy) is 1. The second-order valence-electron chi connectivity index (χ2n) is 7.14. The van der Waals surface area contributed by atoms with Crippen molar-refractivity contribution in [3.63, 3.8) is 0 Å². The number of benzene rings is 1. The average molecular weight is 426 g/mol. The van der Waals surface area contributed by atoms with Crippen molar-refractivity contribution in [1.82, 2.24) is 15.5 Å². The van der Waals surface area contributed by atoms with Gasteiger partial charge in [0.25, 0.3) is 0 Å². The molecule has 162 valence electrons. The van der Waals surface area contributed by atoms with Crippen molar-refractivity contribution in [3.8, 4) is 5.75 Å². The maximum Gasteiger partial charge on any atom is 0.223 e. The minimum atomic E-state index is -0.279. The van der Waals surface area contributed by atoms with Gasteiger partial charge in [-0.2, -0.15) is 0 Å². The predicted molar refractivity (Wildman–Crippen MR) is 115 cm³/mol. The predicted octanol–water partition coefficient (Wildman–Crippen LogP) is 2.04. The normalized spacial score (nSPS) is 14.1. The molecule has 0 unspecified atom stereocenters. The van der Waals surface area contributed by atoms with Crippen LogP contribution in [0.2, 0.25) is 0 Å². The Balaban J connectivity index is 0.00000420. The number of hydrogen-bond donors (Lipinski definition) is 2. The van der Waals surface area contributed by atoms with Crippen molar-refractivity contribution < 1.29 is 19.1 Å². The van der Waals surface area contributed by atoms with Crippen LogP contribution >= 0.6 is 12.4 Å². The fourth-order valence-corrected chi connectivity index (χ4v) is 3.34. The largest absolute Gasteiger partial charge is 0.497 e. The third kappa shape index (κ3) is 8.41. The lowest BCUT2D eigenvalue weighted by atomic mass is 9.93. The molecule has 1 aromatic carbocycles. The Kier molecular flexibility index (Phi) is 11.3. The lowest BCUT2D eigenvalue weighted by Gasteiger charge is -2.32. The number of likely N-dealkylation sites (tertiary alicyclic amines) is 1. The summed E-state index contributed by atoms with van der Waals surface area (Å²) < 4.78 is 5.05. The Bertz CT molecular complexity index is 658. The molecule has 7 nitrogen and oxygen atoms in total. The fourth-order valence-electron chi connectivity index (χ4n) is 3.34. The van der Waals surface area contributed by atoms with Gasteiger partial charge in [-0.1, -0.05) is 0 Å². The Morgan fingerprint density at radius 2 is 1.76 bits per heavy atom. The number of methoxy groups -OCH3 is 1. The van der Waals surface area contributed by atoms with Gasteiger partial charge in [-0.15, -0.1) is 12.4 Å². The molecule has 29 heavy (non-hydrogen) atoms. The van der Waals surface area contributed by atoms with Crippen molar-refractivity contribution in [2.75, 3.05) is 40.3 Å². The molecule has 0 aromatic heterocycles. The maximum absolute atomic E-state index is 12.3. The van der Waals surface area contributed by atoms with Crippen LogP contribution in [0.5, 0.6) is 5.75 Å². The molecule has 1 fully saturated rings. The molecular weight excluding hydrogens is 394 g/mol. The highest BCUT2D eigenvalue weighted by atomic mass is 35.5. The van der Waals surface area contributed by atoms with Gasteiger partial charge in [0.15, 0.2) is 5.78 Å². The second-order valence-corrected chi connectivity index (χ2v) is 7.14. The first-order valence-electron chi connectivity index (χ1n) is 9.89. The fraction of sp³-hybridized carbons (Fsp3) is 0.571. The van der Waals surface area contributed by atoms with Gasteiger partial charge in [0.2, 0.25) is 11.8 Å². The van der Waals surface area contributed by atoms with Gasteiger partial charge in [-0.3, -0.25) is 14.4 Å². The summed E-state index contributed by atoms with van der Waals surface area (Å²) in [5.41, 5.74) is 0.512. The lowest BCUT2D eigenvalue weighted by Crippen LogP contribution is -2.39. The van der Waals surface area contributed by atoms with Crippen LogP contribution < -0.4 is 15.4 Å². The van der Waals surface area contributed by atoms with Gasteiger partial charge >= 0.3 is 0 Å². The van der Waals surface area contributed by atoms with Crippen LogP contribution in [0, 0.1) is 5.92 Å². The van der Waals surface area contributed by atoms with Crippen molar-refractivity contribution >= 4 is 30.0 Å². The number of hydrogen-bond acceptors (Lipinski definition) is 5. The average Bonchev–Trinajstić information content (AvgIpc) is 2.74. The van der Waals surface area contributed by atoms with Crippen molar-refractivity contribution in [2.45, 2.75) is 32.1 Å². The van der Waals surface area contributed by atoms with Crippen LogP contribution in [0.15, 0.2) is 24.3 Å². The smallest absolute Gasteiger partial charge is 0.223 e. The van der Waals surface area contributed by atoms with Gasteiger partial charge in [-0.05, 0) is 63.0 Å². The number of amides is 2. The van der Waals surface area contributed by atoms with Crippen LogP contribution in [0.1, 0.15) is 42.5 Å². The summed E-state index contributed by atoms with van der Waals surface area (Å²) in [5, 5.41) is 5.76. The number of carbonyl (C=O) groups is 3. The van der Waals surface area contributed by atoms with Gasteiger partial charge in [0.05, 0.1) is 13.7 Å². The van der Waals surface area contributed by atoms with E-state index >= 15 is 0 Å². The molecule has 2 rings (SSSR count). The van der Waals surface area contributed by atoms with Crippen LogP contribution in [0.3, 0.4) is 0 Å². The molecule has 0 aliphatic carbocycles. The van der Waals surface area contributed by atoms with E-state index in [1.807, 2.05) is 11.9 Å². The summed E-state index contributed by atoms with van der Waals surface area (Å²) in [7, 11) is 3.51. The van der Waals surface area contributed by atoms with Crippen LogP contribution in [0.25, 0.3) is 0 Å². The van der Waals surface area contributed by atoms with Crippen molar-refractivity contribution in [3.05, 3.63) is 29.8 Å². The van der Waals surface area contributed by atoms with Gasteiger partial charge in [0, 0.05) is 31.5 Å². The number of ketones is 1. The topological polar surface area (TPSA) is 87.7 Å². The summed E-state index contributed by atoms with van der Waals surface area (Å²) in [6.07, 6.45) is 3.48. The zero-order valence-corrected chi connectivity index (χ0v) is 18.1. The van der Waals surface area contributed by atoms with Gasteiger partial charge in [-0.25, -0.2) is 0 Å². The highest BCUT2D eigenvalue weighted by Crippen LogP contribution is 2.20. The summed E-state index contributed by atoms with van der Waals surface area (Å²) in [6, 6.07) is 6.74. The number of Topliss-reactive ketones (excluding diaryl/α,β-unsaturated/α-hetero) is 1. The molecule has 1 heterocycles. The van der Waals surface area contributed by atoms with Crippen molar-refractivity contribution in [2.24, 2.45) is 5.92 Å². The van der Waals surface area contributed by atoms with Crippen molar-refractivity contribution in [1.29, 1.82) is 0 Å². The summed E-state index contributed by atoms with van der Waals surface area (Å²) >= 11 is 0. The highest BCUT2D eigenvalue weighted by molar-refractivity contribution is 5.99. The molecule has 1 aromatic rings. The summed E-state index contributed by atoms with van der Waals surface area (Å²) in [4.78, 5) is 38.2. The Morgan fingerprint density at radius 3 is 2.34 bits per heavy atom. The molecule has 1 aliphatic rings. The molecule has 0 atom stereocenters. The van der Waals surface area contributed by atoms with E-state index in [0.717, 1.165) is 38.9 Å². The maximum atomic E-state index is 12.3. The molecule has 1 saturated heterocycles. The minimum absolute atomic E-state index is 0. The van der Waals surface area contributed by atoms with E-state index < -0.39 is 0 Å². The molecule has 1 aliphatic heterocycles. The first-order valence-corrected chi connectivity index (χ1v) is 9.89. The molecule has 2 N–H and O–H groups in total. The summed E-state index contributed by atoms with van der Waals surface area (Å²) in [5.74, 6) is 0.905. The first kappa shape index (κ1) is 24.9. The number of piperidine rings is 1. The molecule has 0 radical (unpaired) electrons. The number of rotatable bonds is 10. The highest BCUT2D eigenvalue weighted by Gasteiger charge is 2.22. The van der Waals surface area contributed by atoms with E-state index in [2.05, 4.69) is 10.6 Å². The van der Waals surface area contributed by atoms with E-state index in [0.29, 0.717) is 17.2 Å². The first-order chi connectivity index (χ1) is 13.5. The molecule has 0 spiro atoms. The van der Waals surface area contributed by atoms with E-state index in [4.69, 9.17) is 4.74 Å². The van der Waals surface area contributed by atoms with E-state index in [1.54, 1.807) is 31.4 Å². The molecule has 2 amide bonds. The van der Waals surface area contributed by atoms with Crippen LogP contribution in [0.4, 0.5) is 0 Å². The van der Waals surface area contributed by atoms with Crippen LogP contribution in [-0.4, -0.2) is 62.8 Å².